The van der Waals surface area contributed by atoms with E-state index >= 15 is 0 Å². The number of rotatable bonds is 12. The summed E-state index contributed by atoms with van der Waals surface area (Å²) in [5, 5.41) is 13.7. The van der Waals surface area contributed by atoms with Crippen molar-refractivity contribution in [2.24, 2.45) is 0 Å². The first-order valence-corrected chi connectivity index (χ1v) is 11.4. The van der Waals surface area contributed by atoms with Crippen molar-refractivity contribution in [2.75, 3.05) is 13.7 Å². The molecular weight excluding hydrogens is 456 g/mol. The van der Waals surface area contributed by atoms with Gasteiger partial charge in [-0.3, -0.25) is 0 Å². The number of carbonyl (C=O) groups excluding carboxylic acids is 1. The summed E-state index contributed by atoms with van der Waals surface area (Å²) >= 11 is 0. The number of benzene rings is 1. The topological polar surface area (TPSA) is 126 Å². The average molecular weight is 487 g/mol. The second kappa shape index (κ2) is 11.6. The van der Waals surface area contributed by atoms with E-state index in [0.717, 1.165) is 11.1 Å². The molecule has 1 fully saturated rings. The number of nitrogens with one attached hydrogen (secondary N) is 1. The van der Waals surface area contributed by atoms with Gasteiger partial charge in [0.15, 0.2) is 18.7 Å². The van der Waals surface area contributed by atoms with Gasteiger partial charge in [0.25, 0.3) is 0 Å². The average Bonchev–Trinajstić information content (AvgIpc) is 3.21. The number of aromatic nitrogens is 3. The molecule has 11 heteroatoms. The second-order valence-electron chi connectivity index (χ2n) is 7.98. The van der Waals surface area contributed by atoms with Crippen molar-refractivity contribution in [3.63, 3.8) is 0 Å². The number of nitrogens with zero attached hydrogens (tertiary/aromatic N) is 3. The van der Waals surface area contributed by atoms with E-state index in [-0.39, 0.29) is 19.9 Å². The highest BCUT2D eigenvalue weighted by Gasteiger charge is 2.42. The summed E-state index contributed by atoms with van der Waals surface area (Å²) in [5.41, 5.74) is 3.17. The quantitative estimate of drug-likeness (QED) is 0.365. The predicted octanol–water partition coefficient (Wildman–Crippen LogP) is 1.72. The van der Waals surface area contributed by atoms with Crippen LogP contribution in [0.1, 0.15) is 25.0 Å². The summed E-state index contributed by atoms with van der Waals surface area (Å²) in [6.07, 6.45) is 0.610. The van der Waals surface area contributed by atoms with Crippen LogP contribution in [0.4, 0.5) is 0 Å². The van der Waals surface area contributed by atoms with Crippen LogP contribution < -0.4 is 10.1 Å². The minimum absolute atomic E-state index is 0.151. The molecule has 0 bridgehead atoms. The van der Waals surface area contributed by atoms with Crippen LogP contribution in [0, 0.1) is 0 Å². The van der Waals surface area contributed by atoms with Crippen LogP contribution in [0.5, 0.6) is 5.88 Å². The smallest absolute Gasteiger partial charge is 0.336 e. The first kappa shape index (κ1) is 25.0. The Bertz CT molecular complexity index is 1120. The molecule has 1 saturated heterocycles. The number of fused-ring (bicyclic) bond motifs is 1. The molecule has 1 aromatic carbocycles. The van der Waals surface area contributed by atoms with E-state index in [4.69, 9.17) is 23.7 Å². The zero-order valence-corrected chi connectivity index (χ0v) is 19.9. The van der Waals surface area contributed by atoms with Gasteiger partial charge in [-0.25, -0.2) is 9.78 Å². The molecule has 3 aromatic rings. The SMILES string of the molecule is CCOC(=O)[C@H](O)[C@H](NCc1cn(COCc2ccccc2)c2c(OC)ncnc12)C1OC(C)O1. The first-order valence-electron chi connectivity index (χ1n) is 11.4. The van der Waals surface area contributed by atoms with Gasteiger partial charge in [0.2, 0.25) is 5.88 Å². The molecule has 0 saturated carbocycles. The van der Waals surface area contributed by atoms with E-state index < -0.39 is 30.7 Å². The molecule has 0 unspecified atom stereocenters. The van der Waals surface area contributed by atoms with Crippen molar-refractivity contribution in [3.8, 4) is 5.88 Å². The molecule has 0 aliphatic carbocycles. The molecule has 35 heavy (non-hydrogen) atoms. The van der Waals surface area contributed by atoms with Crippen molar-refractivity contribution in [1.82, 2.24) is 19.9 Å². The Kier molecular flexibility index (Phi) is 8.26. The van der Waals surface area contributed by atoms with Crippen LogP contribution in [0.2, 0.25) is 0 Å². The molecule has 11 nitrogen and oxygen atoms in total. The maximum atomic E-state index is 12.2. The lowest BCUT2D eigenvalue weighted by molar-refractivity contribution is -0.388. The fourth-order valence-electron chi connectivity index (χ4n) is 3.90. The molecule has 2 atom stereocenters. The highest BCUT2D eigenvalue weighted by atomic mass is 16.9. The summed E-state index contributed by atoms with van der Waals surface area (Å²) in [7, 11) is 1.54. The molecule has 1 aliphatic heterocycles. The molecule has 0 spiro atoms. The van der Waals surface area contributed by atoms with E-state index in [1.165, 1.54) is 6.33 Å². The first-order chi connectivity index (χ1) is 17.0. The molecule has 0 amide bonds. The number of hydrogen-bond donors (Lipinski definition) is 2. The molecule has 2 aromatic heterocycles. The molecule has 2 N–H and O–H groups in total. The van der Waals surface area contributed by atoms with Gasteiger partial charge in [0, 0.05) is 18.3 Å². The lowest BCUT2D eigenvalue weighted by Crippen LogP contribution is -2.59. The van der Waals surface area contributed by atoms with E-state index in [0.29, 0.717) is 23.5 Å². The van der Waals surface area contributed by atoms with Gasteiger partial charge in [-0.1, -0.05) is 30.3 Å². The Morgan fingerprint density at radius 2 is 2.03 bits per heavy atom. The van der Waals surface area contributed by atoms with Gasteiger partial charge in [-0.2, -0.15) is 4.98 Å². The number of ether oxygens (including phenoxy) is 5. The van der Waals surface area contributed by atoms with Gasteiger partial charge in [-0.05, 0) is 19.4 Å². The molecule has 3 heterocycles. The summed E-state index contributed by atoms with van der Waals surface area (Å²) in [4.78, 5) is 20.8. The van der Waals surface area contributed by atoms with E-state index in [2.05, 4.69) is 15.3 Å². The summed E-state index contributed by atoms with van der Waals surface area (Å²) in [5.74, 6) is -0.343. The third-order valence-electron chi connectivity index (χ3n) is 5.57. The van der Waals surface area contributed by atoms with Crippen molar-refractivity contribution in [2.45, 2.75) is 58.5 Å². The van der Waals surface area contributed by atoms with E-state index in [1.54, 1.807) is 21.0 Å². The standard InChI is InChI=1S/C24H30N4O7/c1-4-33-23(30)21(29)19(24-34-15(2)35-24)25-10-17-11-28(14-32-12-16-8-6-5-7-9-16)20-18(17)26-13-27-22(20)31-3/h5-9,11,13,15,19,21,24-25,29H,4,10,12,14H2,1-3H3/t15?,19-,21+,24?/m0/s1. The highest BCUT2D eigenvalue weighted by Crippen LogP contribution is 2.27. The van der Waals surface area contributed by atoms with Crippen molar-refractivity contribution < 1.29 is 33.6 Å². The van der Waals surface area contributed by atoms with E-state index in [9.17, 15) is 9.90 Å². The van der Waals surface area contributed by atoms with Crippen molar-refractivity contribution in [3.05, 3.63) is 54.0 Å². The van der Waals surface area contributed by atoms with Crippen LogP contribution in [-0.2, 0) is 43.6 Å². The maximum Gasteiger partial charge on any atom is 0.336 e. The third kappa shape index (κ3) is 5.77. The predicted molar refractivity (Wildman–Crippen MR) is 124 cm³/mol. The zero-order valence-electron chi connectivity index (χ0n) is 19.9. The molecular formula is C24H30N4O7. The lowest BCUT2D eigenvalue weighted by atomic mass is 10.1. The molecule has 0 radical (unpaired) electrons. The molecule has 4 rings (SSSR count). The largest absolute Gasteiger partial charge is 0.479 e. The maximum absolute atomic E-state index is 12.2. The summed E-state index contributed by atoms with van der Waals surface area (Å²) in [6.45, 7) is 4.49. The monoisotopic (exact) mass is 486 g/mol. The number of carbonyl (C=O) groups is 1. The number of aliphatic hydroxyl groups is 1. The molecule has 1 aliphatic rings. The number of hydrogen-bond acceptors (Lipinski definition) is 10. The minimum Gasteiger partial charge on any atom is -0.479 e. The lowest BCUT2D eigenvalue weighted by Gasteiger charge is -2.40. The van der Waals surface area contributed by atoms with Crippen LogP contribution >= 0.6 is 0 Å². The van der Waals surface area contributed by atoms with Crippen LogP contribution in [0.25, 0.3) is 11.0 Å². The number of methoxy groups -OCH3 is 1. The van der Waals surface area contributed by atoms with Gasteiger partial charge < -0.3 is 38.7 Å². The summed E-state index contributed by atoms with van der Waals surface area (Å²) in [6, 6.07) is 9.02. The third-order valence-corrected chi connectivity index (χ3v) is 5.57. The van der Waals surface area contributed by atoms with Crippen LogP contribution in [0.3, 0.4) is 0 Å². The normalized spacial score (nSPS) is 19.2. The highest BCUT2D eigenvalue weighted by molar-refractivity contribution is 5.84. The Balaban J connectivity index is 1.53. The van der Waals surface area contributed by atoms with E-state index in [1.807, 2.05) is 41.1 Å². The Hall–Kier alpha value is -3.09. The Labute approximate surface area is 202 Å². The van der Waals surface area contributed by atoms with Crippen molar-refractivity contribution >= 4 is 17.0 Å². The van der Waals surface area contributed by atoms with Gasteiger partial charge in [-0.15, -0.1) is 0 Å². The number of aliphatic hydroxyl groups excluding tert-OH is 1. The second-order valence-corrected chi connectivity index (χ2v) is 7.98. The van der Waals surface area contributed by atoms with Gasteiger partial charge in [0.1, 0.15) is 24.1 Å². The number of esters is 1. The van der Waals surface area contributed by atoms with Crippen molar-refractivity contribution in [1.29, 1.82) is 0 Å². The van der Waals surface area contributed by atoms with Crippen LogP contribution in [0.15, 0.2) is 42.9 Å². The van der Waals surface area contributed by atoms with Gasteiger partial charge in [0.05, 0.1) is 26.4 Å². The fourth-order valence-corrected chi connectivity index (χ4v) is 3.90. The summed E-state index contributed by atoms with van der Waals surface area (Å²) < 4.78 is 29.3. The molecule has 188 valence electrons. The minimum atomic E-state index is -1.47. The zero-order chi connectivity index (χ0) is 24.8. The van der Waals surface area contributed by atoms with Gasteiger partial charge >= 0.3 is 5.97 Å². The van der Waals surface area contributed by atoms with Crippen LogP contribution in [-0.4, -0.2) is 64.1 Å². The Morgan fingerprint density at radius 3 is 2.71 bits per heavy atom. The Morgan fingerprint density at radius 1 is 1.26 bits per heavy atom. The fraction of sp³-hybridized carbons (Fsp3) is 0.458.